The molecule has 0 saturated heterocycles. The highest BCUT2D eigenvalue weighted by atomic mass is 16.3. The van der Waals surface area contributed by atoms with E-state index in [0.29, 0.717) is 12.3 Å². The lowest BCUT2D eigenvalue weighted by atomic mass is 10.2. The Kier molecular flexibility index (Phi) is 2.29. The third-order valence-corrected chi connectivity index (χ3v) is 2.79. The van der Waals surface area contributed by atoms with Gasteiger partial charge in [-0.3, -0.25) is 4.68 Å². The molecular weight excluding hydrogens is 212 g/mol. The van der Waals surface area contributed by atoms with Crippen molar-refractivity contribution in [1.82, 2.24) is 9.78 Å². The SMILES string of the molecule is Oc1cccc(Cn2ncc3ccccc32)c1. The molecule has 3 heteroatoms. The highest BCUT2D eigenvalue weighted by Crippen LogP contribution is 2.16. The third-order valence-electron chi connectivity index (χ3n) is 2.79. The van der Waals surface area contributed by atoms with Crippen LogP contribution in [0.2, 0.25) is 0 Å². The Morgan fingerprint density at radius 1 is 1.06 bits per heavy atom. The standard InChI is InChI=1S/C14H12N2O/c17-13-6-3-4-11(8-13)10-16-14-7-2-1-5-12(14)9-15-16/h1-9,17H,10H2. The van der Waals surface area contributed by atoms with Crippen LogP contribution in [0.25, 0.3) is 10.9 Å². The zero-order valence-corrected chi connectivity index (χ0v) is 9.24. The molecule has 84 valence electrons. The number of nitrogens with zero attached hydrogens (tertiary/aromatic N) is 2. The molecule has 0 aliphatic carbocycles. The van der Waals surface area contributed by atoms with E-state index in [2.05, 4.69) is 5.10 Å². The molecule has 17 heavy (non-hydrogen) atoms. The normalized spacial score (nSPS) is 10.8. The largest absolute Gasteiger partial charge is 0.508 e. The molecular formula is C14H12N2O. The Bertz CT molecular complexity index is 658. The molecule has 0 radical (unpaired) electrons. The van der Waals surface area contributed by atoms with Crippen LogP contribution in [0.4, 0.5) is 0 Å². The highest BCUT2D eigenvalue weighted by Gasteiger charge is 2.02. The van der Waals surface area contributed by atoms with Gasteiger partial charge in [-0.25, -0.2) is 0 Å². The lowest BCUT2D eigenvalue weighted by Crippen LogP contribution is -2.00. The number of phenols is 1. The molecule has 0 fully saturated rings. The number of rotatable bonds is 2. The monoisotopic (exact) mass is 224 g/mol. The Hall–Kier alpha value is -2.29. The van der Waals surface area contributed by atoms with Gasteiger partial charge >= 0.3 is 0 Å². The second-order valence-electron chi connectivity index (χ2n) is 4.03. The molecule has 3 aromatic rings. The second-order valence-corrected chi connectivity index (χ2v) is 4.03. The van der Waals surface area contributed by atoms with E-state index in [1.807, 2.05) is 47.3 Å². The summed E-state index contributed by atoms with van der Waals surface area (Å²) in [6.07, 6.45) is 1.86. The van der Waals surface area contributed by atoms with Crippen LogP contribution in [0, 0.1) is 0 Å². The number of fused-ring (bicyclic) bond motifs is 1. The van der Waals surface area contributed by atoms with E-state index in [4.69, 9.17) is 0 Å². The van der Waals surface area contributed by atoms with Crippen molar-refractivity contribution < 1.29 is 5.11 Å². The number of aromatic hydroxyl groups is 1. The third kappa shape index (κ3) is 1.87. The van der Waals surface area contributed by atoms with Crippen LogP contribution in [-0.2, 0) is 6.54 Å². The van der Waals surface area contributed by atoms with Crippen LogP contribution >= 0.6 is 0 Å². The van der Waals surface area contributed by atoms with Crippen molar-refractivity contribution in [2.45, 2.75) is 6.54 Å². The molecule has 3 rings (SSSR count). The molecule has 0 aliphatic rings. The molecule has 0 unspecified atom stereocenters. The number of benzene rings is 2. The minimum absolute atomic E-state index is 0.291. The van der Waals surface area contributed by atoms with Gasteiger partial charge in [-0.1, -0.05) is 30.3 Å². The van der Waals surface area contributed by atoms with E-state index in [1.54, 1.807) is 12.1 Å². The topological polar surface area (TPSA) is 38.0 Å². The zero-order chi connectivity index (χ0) is 11.7. The first-order chi connectivity index (χ1) is 8.33. The van der Waals surface area contributed by atoms with Crippen LogP contribution in [0.3, 0.4) is 0 Å². The van der Waals surface area contributed by atoms with Gasteiger partial charge in [0.25, 0.3) is 0 Å². The molecule has 0 spiro atoms. The van der Waals surface area contributed by atoms with Crippen LogP contribution in [0.15, 0.2) is 54.7 Å². The molecule has 0 bridgehead atoms. The highest BCUT2D eigenvalue weighted by molar-refractivity contribution is 5.78. The van der Waals surface area contributed by atoms with Crippen molar-refractivity contribution in [3.05, 3.63) is 60.3 Å². The van der Waals surface area contributed by atoms with Gasteiger partial charge in [0.15, 0.2) is 0 Å². The summed E-state index contributed by atoms with van der Waals surface area (Å²) in [5.74, 6) is 0.291. The summed E-state index contributed by atoms with van der Waals surface area (Å²) < 4.78 is 1.93. The second kappa shape index (κ2) is 3.94. The van der Waals surface area contributed by atoms with E-state index in [-0.39, 0.29) is 0 Å². The molecule has 1 heterocycles. The maximum Gasteiger partial charge on any atom is 0.115 e. The van der Waals surface area contributed by atoms with Gasteiger partial charge in [0.2, 0.25) is 0 Å². The molecule has 0 saturated carbocycles. The molecule has 3 nitrogen and oxygen atoms in total. The molecule has 0 amide bonds. The van der Waals surface area contributed by atoms with Crippen molar-refractivity contribution >= 4 is 10.9 Å². The van der Waals surface area contributed by atoms with Gasteiger partial charge in [0.05, 0.1) is 18.3 Å². The first kappa shape index (κ1) is 9.90. The Morgan fingerprint density at radius 2 is 1.94 bits per heavy atom. The summed E-state index contributed by atoms with van der Waals surface area (Å²) in [6, 6.07) is 15.4. The van der Waals surface area contributed by atoms with Crippen LogP contribution in [0.5, 0.6) is 5.75 Å². The lowest BCUT2D eigenvalue weighted by Gasteiger charge is -2.04. The summed E-state index contributed by atoms with van der Waals surface area (Å²) in [5.41, 5.74) is 2.15. The van der Waals surface area contributed by atoms with Gasteiger partial charge in [-0.05, 0) is 23.8 Å². The van der Waals surface area contributed by atoms with Gasteiger partial charge in [0.1, 0.15) is 5.75 Å². The predicted molar refractivity (Wildman–Crippen MR) is 66.9 cm³/mol. The smallest absolute Gasteiger partial charge is 0.115 e. The van der Waals surface area contributed by atoms with Gasteiger partial charge in [0, 0.05) is 5.39 Å². The lowest BCUT2D eigenvalue weighted by molar-refractivity contribution is 0.474. The van der Waals surface area contributed by atoms with Crippen molar-refractivity contribution in [1.29, 1.82) is 0 Å². The van der Waals surface area contributed by atoms with Crippen molar-refractivity contribution in [3.8, 4) is 5.75 Å². The molecule has 2 aromatic carbocycles. The van der Waals surface area contributed by atoms with Crippen LogP contribution < -0.4 is 0 Å². The fourth-order valence-corrected chi connectivity index (χ4v) is 1.98. The maximum atomic E-state index is 9.43. The Labute approximate surface area is 98.9 Å². The Balaban J connectivity index is 2.00. The fourth-order valence-electron chi connectivity index (χ4n) is 1.98. The van der Waals surface area contributed by atoms with Crippen LogP contribution in [0.1, 0.15) is 5.56 Å². The van der Waals surface area contributed by atoms with E-state index in [9.17, 15) is 5.11 Å². The summed E-state index contributed by atoms with van der Waals surface area (Å²) >= 11 is 0. The first-order valence-corrected chi connectivity index (χ1v) is 5.51. The molecule has 1 aromatic heterocycles. The van der Waals surface area contributed by atoms with Crippen molar-refractivity contribution in [3.63, 3.8) is 0 Å². The summed E-state index contributed by atoms with van der Waals surface area (Å²) in [4.78, 5) is 0. The first-order valence-electron chi connectivity index (χ1n) is 5.51. The minimum atomic E-state index is 0.291. The van der Waals surface area contributed by atoms with E-state index in [0.717, 1.165) is 16.5 Å². The average Bonchev–Trinajstić information content (AvgIpc) is 2.73. The molecule has 0 atom stereocenters. The average molecular weight is 224 g/mol. The Morgan fingerprint density at radius 3 is 2.82 bits per heavy atom. The quantitative estimate of drug-likeness (QED) is 0.726. The zero-order valence-electron chi connectivity index (χ0n) is 9.24. The van der Waals surface area contributed by atoms with E-state index >= 15 is 0 Å². The summed E-state index contributed by atoms with van der Waals surface area (Å²) in [5, 5.41) is 14.9. The van der Waals surface area contributed by atoms with Gasteiger partial charge in [-0.15, -0.1) is 0 Å². The fraction of sp³-hybridized carbons (Fsp3) is 0.0714. The number of aromatic nitrogens is 2. The number of hydrogen-bond acceptors (Lipinski definition) is 2. The van der Waals surface area contributed by atoms with Gasteiger partial charge in [-0.2, -0.15) is 5.10 Å². The number of hydrogen-bond donors (Lipinski definition) is 1. The number of para-hydroxylation sites is 1. The van der Waals surface area contributed by atoms with Crippen molar-refractivity contribution in [2.24, 2.45) is 0 Å². The summed E-state index contributed by atoms with van der Waals surface area (Å²) in [7, 11) is 0. The van der Waals surface area contributed by atoms with E-state index in [1.165, 1.54) is 0 Å². The van der Waals surface area contributed by atoms with E-state index < -0.39 is 0 Å². The van der Waals surface area contributed by atoms with Crippen LogP contribution in [-0.4, -0.2) is 14.9 Å². The van der Waals surface area contributed by atoms with Gasteiger partial charge < -0.3 is 5.11 Å². The predicted octanol–water partition coefficient (Wildman–Crippen LogP) is 2.79. The number of phenolic OH excluding ortho intramolecular Hbond substituents is 1. The van der Waals surface area contributed by atoms with Crippen molar-refractivity contribution in [2.75, 3.05) is 0 Å². The molecule has 1 N–H and O–H groups in total. The summed E-state index contributed by atoms with van der Waals surface area (Å²) in [6.45, 7) is 0.669. The minimum Gasteiger partial charge on any atom is -0.508 e. The maximum absolute atomic E-state index is 9.43. The molecule has 0 aliphatic heterocycles.